The summed E-state index contributed by atoms with van der Waals surface area (Å²) in [4.78, 5) is 4.61. The van der Waals surface area contributed by atoms with Crippen LogP contribution in [0.25, 0.3) is 0 Å². The molecule has 0 spiro atoms. The van der Waals surface area contributed by atoms with Crippen molar-refractivity contribution in [2.75, 3.05) is 51.8 Å². The molecule has 0 aliphatic carbocycles. The van der Waals surface area contributed by atoms with Gasteiger partial charge in [-0.15, -0.1) is 0 Å². The normalized spacial score (nSPS) is 24.8. The van der Waals surface area contributed by atoms with Crippen LogP contribution in [0.3, 0.4) is 0 Å². The molecule has 1 aliphatic rings. The lowest BCUT2D eigenvalue weighted by Gasteiger charge is -2.32. The van der Waals surface area contributed by atoms with E-state index in [4.69, 9.17) is 0 Å². The molecule has 0 radical (unpaired) electrons. The van der Waals surface area contributed by atoms with E-state index in [2.05, 4.69) is 43.1 Å². The smallest absolute Gasteiger partial charge is 0.153 e. The van der Waals surface area contributed by atoms with Crippen molar-refractivity contribution in [3.8, 4) is 0 Å². The molecule has 0 saturated carbocycles. The van der Waals surface area contributed by atoms with E-state index < -0.39 is 9.84 Å². The summed E-state index contributed by atoms with van der Waals surface area (Å²) >= 11 is 0. The molecule has 1 aliphatic heterocycles. The Balaban J connectivity index is 2.40. The van der Waals surface area contributed by atoms with Crippen molar-refractivity contribution in [3.63, 3.8) is 0 Å². The highest BCUT2D eigenvalue weighted by atomic mass is 32.2. The van der Waals surface area contributed by atoms with Gasteiger partial charge < -0.3 is 10.2 Å². The van der Waals surface area contributed by atoms with Crippen molar-refractivity contribution in [1.29, 1.82) is 0 Å². The lowest BCUT2D eigenvalue weighted by molar-refractivity contribution is 0.175. The standard InChI is InChI=1S/C13H29N3O2S/c1-5-16(12(2)10-15(3)4)8-6-13-11-19(17,18)9-7-14-13/h12-14H,5-11H2,1-4H3. The van der Waals surface area contributed by atoms with Gasteiger partial charge in [0.25, 0.3) is 0 Å². The van der Waals surface area contributed by atoms with Crippen molar-refractivity contribution in [2.45, 2.75) is 32.4 Å². The van der Waals surface area contributed by atoms with E-state index in [1.807, 2.05) is 0 Å². The predicted molar refractivity (Wildman–Crippen MR) is 80.3 cm³/mol. The van der Waals surface area contributed by atoms with Gasteiger partial charge in [-0.2, -0.15) is 0 Å². The quantitative estimate of drug-likeness (QED) is 0.717. The molecular weight excluding hydrogens is 262 g/mol. The Bertz CT molecular complexity index is 357. The minimum Gasteiger partial charge on any atom is -0.312 e. The van der Waals surface area contributed by atoms with Crippen LogP contribution < -0.4 is 5.32 Å². The molecule has 2 atom stereocenters. The van der Waals surface area contributed by atoms with Crippen LogP contribution in [-0.2, 0) is 9.84 Å². The number of nitrogens with one attached hydrogen (secondary N) is 1. The van der Waals surface area contributed by atoms with Crippen LogP contribution >= 0.6 is 0 Å². The maximum atomic E-state index is 11.6. The molecule has 19 heavy (non-hydrogen) atoms. The van der Waals surface area contributed by atoms with Crippen LogP contribution in [0, 0.1) is 0 Å². The number of hydrogen-bond acceptors (Lipinski definition) is 5. The molecular formula is C13H29N3O2S. The zero-order valence-electron chi connectivity index (χ0n) is 12.7. The fraction of sp³-hybridized carbons (Fsp3) is 1.00. The first-order valence-corrected chi connectivity index (χ1v) is 8.98. The van der Waals surface area contributed by atoms with E-state index in [1.54, 1.807) is 0 Å². The SMILES string of the molecule is CCN(CCC1CS(=O)(=O)CCN1)C(C)CN(C)C. The fourth-order valence-corrected chi connectivity index (χ4v) is 4.20. The Morgan fingerprint density at radius 3 is 2.58 bits per heavy atom. The van der Waals surface area contributed by atoms with E-state index in [-0.39, 0.29) is 11.8 Å². The van der Waals surface area contributed by atoms with Gasteiger partial charge in [0.1, 0.15) is 0 Å². The topological polar surface area (TPSA) is 52.7 Å². The van der Waals surface area contributed by atoms with E-state index in [0.29, 0.717) is 18.3 Å². The average Bonchev–Trinajstić information content (AvgIpc) is 2.27. The third-order valence-electron chi connectivity index (χ3n) is 3.72. The van der Waals surface area contributed by atoms with Crippen molar-refractivity contribution in [2.24, 2.45) is 0 Å². The lowest BCUT2D eigenvalue weighted by Crippen LogP contribution is -2.48. The second-order valence-corrected chi connectivity index (χ2v) is 8.02. The van der Waals surface area contributed by atoms with Crippen LogP contribution in [0.15, 0.2) is 0 Å². The summed E-state index contributed by atoms with van der Waals surface area (Å²) < 4.78 is 23.2. The molecule has 1 saturated heterocycles. The number of rotatable bonds is 7. The molecule has 1 fully saturated rings. The van der Waals surface area contributed by atoms with Gasteiger partial charge >= 0.3 is 0 Å². The van der Waals surface area contributed by atoms with E-state index in [0.717, 1.165) is 26.1 Å². The third kappa shape index (κ3) is 6.21. The van der Waals surface area contributed by atoms with Gasteiger partial charge in [-0.25, -0.2) is 8.42 Å². The largest absolute Gasteiger partial charge is 0.312 e. The molecule has 0 aromatic carbocycles. The molecule has 1 N–H and O–H groups in total. The molecule has 6 heteroatoms. The summed E-state index contributed by atoms with van der Waals surface area (Å²) in [6.45, 7) is 8.00. The number of hydrogen-bond donors (Lipinski definition) is 1. The Hall–Kier alpha value is -0.170. The molecule has 0 bridgehead atoms. The molecule has 114 valence electrons. The molecule has 1 rings (SSSR count). The maximum absolute atomic E-state index is 11.6. The first-order valence-electron chi connectivity index (χ1n) is 7.16. The highest BCUT2D eigenvalue weighted by Gasteiger charge is 2.24. The number of sulfone groups is 1. The molecule has 2 unspecified atom stereocenters. The highest BCUT2D eigenvalue weighted by molar-refractivity contribution is 7.91. The third-order valence-corrected chi connectivity index (χ3v) is 5.46. The molecule has 5 nitrogen and oxygen atoms in total. The van der Waals surface area contributed by atoms with Gasteiger partial charge in [0.2, 0.25) is 0 Å². The van der Waals surface area contributed by atoms with Crippen molar-refractivity contribution < 1.29 is 8.42 Å². The van der Waals surface area contributed by atoms with Crippen LogP contribution in [0.2, 0.25) is 0 Å². The number of likely N-dealkylation sites (N-methyl/N-ethyl adjacent to an activating group) is 2. The van der Waals surface area contributed by atoms with E-state index >= 15 is 0 Å². The molecule has 0 amide bonds. The maximum Gasteiger partial charge on any atom is 0.153 e. The van der Waals surface area contributed by atoms with Crippen LogP contribution in [0.5, 0.6) is 0 Å². The summed E-state index contributed by atoms with van der Waals surface area (Å²) in [5, 5.41) is 3.32. The minimum absolute atomic E-state index is 0.124. The van der Waals surface area contributed by atoms with Crippen LogP contribution in [-0.4, -0.2) is 82.1 Å². The zero-order chi connectivity index (χ0) is 14.5. The Morgan fingerprint density at radius 1 is 1.37 bits per heavy atom. The lowest BCUT2D eigenvalue weighted by atomic mass is 10.2. The van der Waals surface area contributed by atoms with Crippen molar-refractivity contribution in [3.05, 3.63) is 0 Å². The molecule has 1 heterocycles. The van der Waals surface area contributed by atoms with Crippen molar-refractivity contribution in [1.82, 2.24) is 15.1 Å². The van der Waals surface area contributed by atoms with Gasteiger partial charge in [-0.3, -0.25) is 4.90 Å². The summed E-state index contributed by atoms with van der Waals surface area (Å²) in [7, 11) is 1.35. The predicted octanol–water partition coefficient (Wildman–Crippen LogP) is 0.0351. The van der Waals surface area contributed by atoms with Gasteiger partial charge in [0.05, 0.1) is 11.5 Å². The first kappa shape index (κ1) is 16.9. The Labute approximate surface area is 118 Å². The Kier molecular flexibility index (Phi) is 6.73. The summed E-state index contributed by atoms with van der Waals surface area (Å²) in [5.74, 6) is 0.588. The van der Waals surface area contributed by atoms with Gasteiger partial charge in [-0.05, 0) is 40.5 Å². The zero-order valence-corrected chi connectivity index (χ0v) is 13.5. The second kappa shape index (κ2) is 7.57. The molecule has 0 aromatic rings. The monoisotopic (exact) mass is 291 g/mol. The first-order chi connectivity index (χ1) is 8.84. The Morgan fingerprint density at radius 2 is 2.05 bits per heavy atom. The minimum atomic E-state index is -2.82. The second-order valence-electron chi connectivity index (χ2n) is 5.79. The summed E-state index contributed by atoms with van der Waals surface area (Å²) in [6.07, 6.45) is 0.908. The van der Waals surface area contributed by atoms with Crippen molar-refractivity contribution >= 4 is 9.84 Å². The fourth-order valence-electron chi connectivity index (χ4n) is 2.71. The number of nitrogens with zero attached hydrogens (tertiary/aromatic N) is 2. The summed E-state index contributed by atoms with van der Waals surface area (Å²) in [6, 6.07) is 0.625. The van der Waals surface area contributed by atoms with Gasteiger partial charge in [0.15, 0.2) is 9.84 Å². The van der Waals surface area contributed by atoms with E-state index in [1.165, 1.54) is 0 Å². The van der Waals surface area contributed by atoms with Gasteiger partial charge in [0, 0.05) is 25.2 Å². The van der Waals surface area contributed by atoms with Crippen LogP contribution in [0.1, 0.15) is 20.3 Å². The average molecular weight is 291 g/mol. The summed E-state index contributed by atoms with van der Waals surface area (Å²) in [5.41, 5.74) is 0. The highest BCUT2D eigenvalue weighted by Crippen LogP contribution is 2.08. The molecule has 0 aromatic heterocycles. The van der Waals surface area contributed by atoms with E-state index in [9.17, 15) is 8.42 Å². The van der Waals surface area contributed by atoms with Crippen LogP contribution in [0.4, 0.5) is 0 Å². The van der Waals surface area contributed by atoms with Gasteiger partial charge in [-0.1, -0.05) is 6.92 Å².